The number of hydrogen-bond acceptors (Lipinski definition) is 7. The van der Waals surface area contributed by atoms with E-state index in [1.165, 1.54) is 24.1 Å². The monoisotopic (exact) mass is 424 g/mol. The lowest BCUT2D eigenvalue weighted by Gasteiger charge is -2.00. The zero-order valence-electron chi connectivity index (χ0n) is 15.1. The van der Waals surface area contributed by atoms with Crippen LogP contribution in [0, 0.1) is 0 Å². The molecule has 0 amide bonds. The Hall–Kier alpha value is -3.36. The number of nitrogens with zero attached hydrogens (tertiary/aromatic N) is 4. The second-order valence-corrected chi connectivity index (χ2v) is 7.39. The molecule has 4 aromatic rings. The molecule has 7 nitrogen and oxygen atoms in total. The van der Waals surface area contributed by atoms with Gasteiger partial charge in [-0.15, -0.1) is 5.10 Å². The van der Waals surface area contributed by atoms with E-state index >= 15 is 0 Å². The van der Waals surface area contributed by atoms with Crippen molar-refractivity contribution >= 4 is 45.9 Å². The first-order chi connectivity index (χ1) is 14.0. The van der Waals surface area contributed by atoms with Gasteiger partial charge < -0.3 is 4.42 Å². The van der Waals surface area contributed by atoms with Crippen molar-refractivity contribution in [1.29, 1.82) is 0 Å². The molecule has 144 valence electrons. The Bertz CT molecular complexity index is 1370. The third-order valence-corrected chi connectivity index (χ3v) is 5.23. The van der Waals surface area contributed by atoms with Crippen LogP contribution in [0.15, 0.2) is 74.2 Å². The van der Waals surface area contributed by atoms with E-state index in [2.05, 4.69) is 15.3 Å². The summed E-state index contributed by atoms with van der Waals surface area (Å²) in [4.78, 5) is 24.6. The maximum atomic E-state index is 12.5. The van der Waals surface area contributed by atoms with Gasteiger partial charge in [-0.1, -0.05) is 35.1 Å². The van der Waals surface area contributed by atoms with Crippen molar-refractivity contribution in [3.63, 3.8) is 0 Å². The van der Waals surface area contributed by atoms with E-state index in [4.69, 9.17) is 16.0 Å². The Morgan fingerprint density at radius 3 is 2.72 bits per heavy atom. The van der Waals surface area contributed by atoms with Crippen molar-refractivity contribution in [2.45, 2.75) is 6.92 Å². The fourth-order valence-corrected chi connectivity index (χ4v) is 3.45. The number of halogens is 1. The Kier molecular flexibility index (Phi) is 5.20. The Balaban J connectivity index is 1.76. The van der Waals surface area contributed by atoms with Crippen LogP contribution in [0.1, 0.15) is 22.3 Å². The maximum Gasteiger partial charge on any atom is 0.233 e. The second kappa shape index (κ2) is 7.94. The molecule has 0 aliphatic rings. The molecule has 0 atom stereocenters. The van der Waals surface area contributed by atoms with Gasteiger partial charge in [0.1, 0.15) is 11.8 Å². The number of ketones is 1. The molecule has 2 aromatic carbocycles. The van der Waals surface area contributed by atoms with Crippen LogP contribution in [0.25, 0.3) is 16.7 Å². The lowest BCUT2D eigenvalue weighted by molar-refractivity contribution is 0.101. The van der Waals surface area contributed by atoms with Crippen molar-refractivity contribution in [2.24, 2.45) is 10.2 Å². The van der Waals surface area contributed by atoms with Gasteiger partial charge in [-0.25, -0.2) is 4.68 Å². The highest BCUT2D eigenvalue weighted by atomic mass is 35.5. The molecule has 2 heterocycles. The molecular formula is C20H13ClN4O3S. The van der Waals surface area contributed by atoms with E-state index < -0.39 is 0 Å². The average Bonchev–Trinajstić information content (AvgIpc) is 3.15. The van der Waals surface area contributed by atoms with Crippen LogP contribution >= 0.6 is 22.9 Å². The summed E-state index contributed by atoms with van der Waals surface area (Å²) >= 11 is 7.03. The van der Waals surface area contributed by atoms with Crippen LogP contribution in [0.4, 0.5) is 0 Å². The van der Waals surface area contributed by atoms with Crippen LogP contribution in [-0.2, 0) is 0 Å². The first-order valence-corrected chi connectivity index (χ1v) is 9.67. The fourth-order valence-electron chi connectivity index (χ4n) is 2.56. The number of aromatic nitrogens is 2. The van der Waals surface area contributed by atoms with Gasteiger partial charge in [0.25, 0.3) is 0 Å². The summed E-state index contributed by atoms with van der Waals surface area (Å²) < 4.78 is 6.96. The van der Waals surface area contributed by atoms with Gasteiger partial charge in [0.05, 0.1) is 22.9 Å². The highest BCUT2D eigenvalue weighted by Crippen LogP contribution is 2.13. The van der Waals surface area contributed by atoms with Crippen LogP contribution in [0.3, 0.4) is 0 Å². The number of carbonyl (C=O) groups excluding carboxylic acids is 1. The molecule has 4 rings (SSSR count). The second-order valence-electron chi connectivity index (χ2n) is 6.00. The SMILES string of the molecule is CC(=O)c1nn(-c2ccc(Cl)cc2)/c(=N\N=C\c2coc3ccccc3c2=O)s1. The summed E-state index contributed by atoms with van der Waals surface area (Å²) in [6.45, 7) is 1.43. The maximum absolute atomic E-state index is 12.5. The van der Waals surface area contributed by atoms with E-state index in [0.29, 0.717) is 31.5 Å². The largest absolute Gasteiger partial charge is 0.463 e. The number of benzene rings is 2. The van der Waals surface area contributed by atoms with Gasteiger partial charge in [-0.05, 0) is 36.4 Å². The van der Waals surface area contributed by atoms with Crippen molar-refractivity contribution in [3.8, 4) is 5.69 Å². The lowest BCUT2D eigenvalue weighted by atomic mass is 10.2. The number of rotatable bonds is 4. The molecule has 0 saturated heterocycles. The summed E-state index contributed by atoms with van der Waals surface area (Å²) in [5, 5.41) is 13.8. The molecule has 9 heteroatoms. The molecule has 0 saturated carbocycles. The van der Waals surface area contributed by atoms with Gasteiger partial charge in [0.2, 0.25) is 10.2 Å². The number of hydrogen-bond donors (Lipinski definition) is 0. The molecule has 0 aliphatic heterocycles. The number of para-hydroxylation sites is 1. The number of Topliss-reactive ketones (excluding diaryl/α,β-unsaturated/α-hetero) is 1. The zero-order valence-corrected chi connectivity index (χ0v) is 16.6. The number of carbonyl (C=O) groups is 1. The Morgan fingerprint density at radius 1 is 1.21 bits per heavy atom. The van der Waals surface area contributed by atoms with Crippen molar-refractivity contribution in [1.82, 2.24) is 9.78 Å². The van der Waals surface area contributed by atoms with E-state index in [-0.39, 0.29) is 16.8 Å². The fraction of sp³-hybridized carbons (Fsp3) is 0.0500. The lowest BCUT2D eigenvalue weighted by Crippen LogP contribution is -2.14. The zero-order chi connectivity index (χ0) is 20.4. The van der Waals surface area contributed by atoms with Gasteiger partial charge >= 0.3 is 0 Å². The van der Waals surface area contributed by atoms with Crippen LogP contribution in [-0.4, -0.2) is 21.8 Å². The summed E-state index contributed by atoms with van der Waals surface area (Å²) in [5.74, 6) is -0.182. The Labute approximate surface area is 173 Å². The average molecular weight is 425 g/mol. The smallest absolute Gasteiger partial charge is 0.233 e. The van der Waals surface area contributed by atoms with Gasteiger partial charge in [0.15, 0.2) is 10.8 Å². The first-order valence-electron chi connectivity index (χ1n) is 8.47. The molecule has 0 N–H and O–H groups in total. The number of fused-ring (bicyclic) bond motifs is 1. The molecule has 0 radical (unpaired) electrons. The molecule has 0 bridgehead atoms. The predicted molar refractivity (Wildman–Crippen MR) is 112 cm³/mol. The minimum absolute atomic E-state index is 0.182. The summed E-state index contributed by atoms with van der Waals surface area (Å²) in [7, 11) is 0. The van der Waals surface area contributed by atoms with E-state index in [9.17, 15) is 9.59 Å². The van der Waals surface area contributed by atoms with Crippen LogP contribution in [0.5, 0.6) is 0 Å². The van der Waals surface area contributed by atoms with Crippen LogP contribution in [0.2, 0.25) is 5.02 Å². The molecule has 0 fully saturated rings. The van der Waals surface area contributed by atoms with Gasteiger partial charge in [-0.2, -0.15) is 10.2 Å². The summed E-state index contributed by atoms with van der Waals surface area (Å²) in [6, 6.07) is 13.9. The molecule has 29 heavy (non-hydrogen) atoms. The normalized spacial score (nSPS) is 12.1. The topological polar surface area (TPSA) is 89.8 Å². The molecule has 0 unspecified atom stereocenters. The summed E-state index contributed by atoms with van der Waals surface area (Å²) in [5.41, 5.74) is 1.24. The molecule has 0 spiro atoms. The molecule has 0 aliphatic carbocycles. The van der Waals surface area contributed by atoms with Crippen molar-refractivity contribution in [3.05, 3.63) is 85.4 Å². The highest BCUT2D eigenvalue weighted by Gasteiger charge is 2.11. The molecular weight excluding hydrogens is 412 g/mol. The first kappa shape index (κ1) is 19.0. The van der Waals surface area contributed by atoms with Crippen LogP contribution < -0.4 is 10.2 Å². The van der Waals surface area contributed by atoms with Gasteiger partial charge in [0, 0.05) is 11.9 Å². The third-order valence-electron chi connectivity index (χ3n) is 3.98. The predicted octanol–water partition coefficient (Wildman–Crippen LogP) is 3.83. The summed E-state index contributed by atoms with van der Waals surface area (Å²) in [6.07, 6.45) is 2.66. The minimum atomic E-state index is -0.204. The highest BCUT2D eigenvalue weighted by molar-refractivity contribution is 7.10. The van der Waals surface area contributed by atoms with E-state index in [1.54, 1.807) is 48.5 Å². The Morgan fingerprint density at radius 2 is 1.97 bits per heavy atom. The van der Waals surface area contributed by atoms with Crippen molar-refractivity contribution in [2.75, 3.05) is 0 Å². The quantitative estimate of drug-likeness (QED) is 0.283. The standard InChI is InChI=1S/C20H13ClN4O3S/c1-12(26)19-24-25(15-8-6-14(21)7-9-15)20(29-19)23-22-10-13-11-28-17-5-3-2-4-16(17)18(13)27/h2-11H,1H3/b22-10+,23-20+. The van der Waals surface area contributed by atoms with E-state index in [1.807, 2.05) is 0 Å². The van der Waals surface area contributed by atoms with E-state index in [0.717, 1.165) is 11.3 Å². The van der Waals surface area contributed by atoms with Crippen molar-refractivity contribution < 1.29 is 9.21 Å². The van der Waals surface area contributed by atoms with Gasteiger partial charge in [-0.3, -0.25) is 9.59 Å². The third kappa shape index (κ3) is 3.94. The molecule has 2 aromatic heterocycles. The minimum Gasteiger partial charge on any atom is -0.463 e.